The van der Waals surface area contributed by atoms with Crippen molar-refractivity contribution in [1.82, 2.24) is 5.32 Å². The lowest BCUT2D eigenvalue weighted by atomic mass is 9.47. The van der Waals surface area contributed by atoms with E-state index >= 15 is 0 Å². The summed E-state index contributed by atoms with van der Waals surface area (Å²) in [6.45, 7) is 6.60. The molecular formula is C24H36N2O2. The number of hydrogen-bond donors (Lipinski definition) is 1. The van der Waals surface area contributed by atoms with Crippen molar-refractivity contribution in [1.29, 1.82) is 0 Å². The van der Waals surface area contributed by atoms with Gasteiger partial charge in [0.1, 0.15) is 12.4 Å². The van der Waals surface area contributed by atoms with Crippen LogP contribution in [0.2, 0.25) is 0 Å². The van der Waals surface area contributed by atoms with E-state index in [1.54, 1.807) is 5.57 Å². The first kappa shape index (κ1) is 18.8. The fraction of sp³-hybridized carbons (Fsp3) is 0.833. The molecule has 6 unspecified atom stereocenters. The molecule has 0 amide bonds. The van der Waals surface area contributed by atoms with Crippen molar-refractivity contribution in [2.24, 2.45) is 33.7 Å². The largest absolute Gasteiger partial charge is 0.394 e. The van der Waals surface area contributed by atoms with Gasteiger partial charge in [-0.1, -0.05) is 24.6 Å². The minimum atomic E-state index is -0.0118. The lowest BCUT2D eigenvalue weighted by molar-refractivity contribution is -0.132. The molecule has 4 nitrogen and oxygen atoms in total. The van der Waals surface area contributed by atoms with Crippen molar-refractivity contribution in [2.45, 2.75) is 84.1 Å². The molecule has 154 valence electrons. The second-order valence-corrected chi connectivity index (χ2v) is 10.6. The zero-order valence-electron chi connectivity index (χ0n) is 17.6. The Hall–Kier alpha value is -1.16. The Balaban J connectivity index is 1.31. The average Bonchev–Trinajstić information content (AvgIpc) is 3.30. The van der Waals surface area contributed by atoms with Gasteiger partial charge in [0.05, 0.1) is 5.71 Å². The third kappa shape index (κ3) is 2.89. The molecule has 0 radical (unpaired) electrons. The number of allylic oxidation sites excluding steroid dienone is 2. The van der Waals surface area contributed by atoms with Crippen LogP contribution in [0, 0.1) is 28.6 Å². The van der Waals surface area contributed by atoms with Gasteiger partial charge in [0, 0.05) is 17.9 Å². The van der Waals surface area contributed by atoms with Crippen LogP contribution >= 0.6 is 0 Å². The number of carbonyl (C=O) groups is 1. The molecular weight excluding hydrogens is 348 g/mol. The molecule has 4 aliphatic carbocycles. The van der Waals surface area contributed by atoms with Crippen LogP contribution in [0.25, 0.3) is 0 Å². The molecule has 0 aromatic carbocycles. The highest BCUT2D eigenvalue weighted by Crippen LogP contribution is 2.64. The molecule has 0 bridgehead atoms. The van der Waals surface area contributed by atoms with E-state index < -0.39 is 0 Å². The second kappa shape index (κ2) is 6.97. The van der Waals surface area contributed by atoms with Crippen LogP contribution in [-0.2, 0) is 9.63 Å². The van der Waals surface area contributed by atoms with E-state index in [9.17, 15) is 4.79 Å². The Morgan fingerprint density at radius 3 is 2.75 bits per heavy atom. The molecule has 4 fully saturated rings. The third-order valence-corrected chi connectivity index (χ3v) is 9.31. The van der Waals surface area contributed by atoms with Gasteiger partial charge < -0.3 is 10.2 Å². The summed E-state index contributed by atoms with van der Waals surface area (Å²) in [6, 6.07) is 0.479. The summed E-state index contributed by atoms with van der Waals surface area (Å²) >= 11 is 0. The van der Waals surface area contributed by atoms with E-state index in [-0.39, 0.29) is 5.41 Å². The lowest BCUT2D eigenvalue weighted by Gasteiger charge is -2.57. The van der Waals surface area contributed by atoms with E-state index in [2.05, 4.69) is 30.4 Å². The maximum atomic E-state index is 12.6. The van der Waals surface area contributed by atoms with Gasteiger partial charge in [0.25, 0.3) is 0 Å². The fourth-order valence-electron chi connectivity index (χ4n) is 7.52. The Kier molecular flexibility index (Phi) is 4.69. The zero-order chi connectivity index (χ0) is 19.4. The fourth-order valence-corrected chi connectivity index (χ4v) is 7.52. The summed E-state index contributed by atoms with van der Waals surface area (Å²) in [5.41, 5.74) is 3.04. The van der Waals surface area contributed by atoms with Gasteiger partial charge in [0.15, 0.2) is 0 Å². The predicted octanol–water partition coefficient (Wildman–Crippen LogP) is 4.64. The average molecular weight is 385 g/mol. The minimum absolute atomic E-state index is 0.0118. The normalized spacial score (nSPS) is 46.7. The molecule has 5 aliphatic rings. The van der Waals surface area contributed by atoms with E-state index in [0.717, 1.165) is 49.8 Å². The highest BCUT2D eigenvalue weighted by molar-refractivity contribution is 5.96. The maximum Gasteiger partial charge on any atom is 0.139 e. The van der Waals surface area contributed by atoms with E-state index in [4.69, 9.17) is 4.84 Å². The van der Waals surface area contributed by atoms with Crippen LogP contribution in [0.1, 0.15) is 78.1 Å². The highest BCUT2D eigenvalue weighted by Gasteiger charge is 2.58. The Morgan fingerprint density at radius 1 is 1.07 bits per heavy atom. The van der Waals surface area contributed by atoms with Crippen molar-refractivity contribution in [2.75, 3.05) is 13.2 Å². The summed E-state index contributed by atoms with van der Waals surface area (Å²) in [5, 5.41) is 7.97. The molecule has 1 saturated heterocycles. The first-order chi connectivity index (χ1) is 13.5. The van der Waals surface area contributed by atoms with Crippen LogP contribution in [0.15, 0.2) is 16.8 Å². The first-order valence-electron chi connectivity index (χ1n) is 11.7. The predicted molar refractivity (Wildman–Crippen MR) is 111 cm³/mol. The van der Waals surface area contributed by atoms with Crippen molar-refractivity contribution in [3.05, 3.63) is 11.6 Å². The van der Waals surface area contributed by atoms with E-state index in [0.29, 0.717) is 29.8 Å². The van der Waals surface area contributed by atoms with Crippen molar-refractivity contribution in [3.8, 4) is 0 Å². The number of fused-ring (bicyclic) bond motifs is 5. The van der Waals surface area contributed by atoms with E-state index in [1.165, 1.54) is 38.5 Å². The number of ketones is 1. The number of rotatable bonds is 3. The standard InChI is InChI=1S/C24H36N2O2/c1-23-11-9-17(26-28-15-18-4-3-13-25-18)14-16(23)5-6-19-20-7-8-22(27)24(20,2)12-10-21(19)23/h14,18-21,25H,3-13,15H2,1-2H3. The molecule has 28 heavy (non-hydrogen) atoms. The van der Waals surface area contributed by atoms with Gasteiger partial charge in [-0.15, -0.1) is 0 Å². The van der Waals surface area contributed by atoms with Gasteiger partial charge >= 0.3 is 0 Å². The maximum absolute atomic E-state index is 12.6. The summed E-state index contributed by atoms with van der Waals surface area (Å²) in [4.78, 5) is 18.3. The van der Waals surface area contributed by atoms with Crippen LogP contribution in [-0.4, -0.2) is 30.7 Å². The van der Waals surface area contributed by atoms with Crippen LogP contribution in [0.4, 0.5) is 0 Å². The number of Topliss-reactive ketones (excluding diaryl/α,β-unsaturated/α-hetero) is 1. The monoisotopic (exact) mass is 384 g/mol. The molecule has 5 rings (SSSR count). The molecule has 4 heteroatoms. The molecule has 0 aromatic rings. The molecule has 1 N–H and O–H groups in total. The number of nitrogens with one attached hydrogen (secondary N) is 1. The zero-order valence-corrected chi connectivity index (χ0v) is 17.6. The minimum Gasteiger partial charge on any atom is -0.394 e. The lowest BCUT2D eigenvalue weighted by Crippen LogP contribution is -2.50. The second-order valence-electron chi connectivity index (χ2n) is 10.6. The molecule has 0 aromatic heterocycles. The number of carbonyl (C=O) groups excluding carboxylic acids is 1. The van der Waals surface area contributed by atoms with Crippen LogP contribution in [0.3, 0.4) is 0 Å². The molecule has 1 aliphatic heterocycles. The van der Waals surface area contributed by atoms with Crippen LogP contribution < -0.4 is 5.32 Å². The van der Waals surface area contributed by atoms with Gasteiger partial charge in [-0.2, -0.15) is 0 Å². The first-order valence-corrected chi connectivity index (χ1v) is 11.7. The van der Waals surface area contributed by atoms with Gasteiger partial charge in [-0.3, -0.25) is 4.79 Å². The van der Waals surface area contributed by atoms with Gasteiger partial charge in [-0.05, 0) is 93.6 Å². The quantitative estimate of drug-likeness (QED) is 0.721. The van der Waals surface area contributed by atoms with Crippen LogP contribution in [0.5, 0.6) is 0 Å². The number of nitrogens with zero attached hydrogens (tertiary/aromatic N) is 1. The smallest absolute Gasteiger partial charge is 0.139 e. The molecule has 3 saturated carbocycles. The Bertz CT molecular complexity index is 707. The molecule has 1 heterocycles. The Morgan fingerprint density at radius 2 is 1.93 bits per heavy atom. The number of oxime groups is 1. The summed E-state index contributed by atoms with van der Waals surface area (Å²) in [7, 11) is 0. The topological polar surface area (TPSA) is 50.7 Å². The molecule has 6 atom stereocenters. The Labute approximate surface area is 169 Å². The van der Waals surface area contributed by atoms with Crippen molar-refractivity contribution >= 4 is 11.5 Å². The van der Waals surface area contributed by atoms with E-state index in [1.807, 2.05) is 0 Å². The van der Waals surface area contributed by atoms with Gasteiger partial charge in [0.2, 0.25) is 0 Å². The third-order valence-electron chi connectivity index (χ3n) is 9.31. The summed E-state index contributed by atoms with van der Waals surface area (Å²) in [5.74, 6) is 2.68. The van der Waals surface area contributed by atoms with Gasteiger partial charge in [-0.25, -0.2) is 0 Å². The summed E-state index contributed by atoms with van der Waals surface area (Å²) in [6.07, 6.45) is 13.8. The van der Waals surface area contributed by atoms with Crippen molar-refractivity contribution in [3.63, 3.8) is 0 Å². The SMILES string of the molecule is CC12CCC3C(CCC4=CC(=NOCC5CCCN5)CCC43C)C1CCC2=O. The number of hydrogen-bond acceptors (Lipinski definition) is 4. The summed E-state index contributed by atoms with van der Waals surface area (Å²) < 4.78 is 0. The molecule has 0 spiro atoms. The highest BCUT2D eigenvalue weighted by atomic mass is 16.6. The van der Waals surface area contributed by atoms with Crippen molar-refractivity contribution < 1.29 is 9.63 Å².